The normalized spacial score (nSPS) is 23.7. The second-order valence-electron chi connectivity index (χ2n) is 6.22. The second-order valence-corrected chi connectivity index (χ2v) is 6.22. The third-order valence-corrected chi connectivity index (χ3v) is 4.68. The average Bonchev–Trinajstić information content (AvgIpc) is 2.27. The molecule has 4 heteroatoms. The number of urea groups is 1. The van der Waals surface area contributed by atoms with Crippen LogP contribution in [0.5, 0.6) is 0 Å². The van der Waals surface area contributed by atoms with Crippen molar-refractivity contribution in [1.82, 2.24) is 10.6 Å². The van der Waals surface area contributed by atoms with Crippen molar-refractivity contribution in [2.45, 2.75) is 63.9 Å². The van der Waals surface area contributed by atoms with E-state index in [1.165, 1.54) is 32.1 Å². The Morgan fingerprint density at radius 1 is 1.11 bits per heavy atom. The Hall–Kier alpha value is -0.770. The molecule has 2 saturated carbocycles. The summed E-state index contributed by atoms with van der Waals surface area (Å²) in [5.74, 6) is 0. The lowest BCUT2D eigenvalue weighted by molar-refractivity contribution is -0.0291. The minimum absolute atomic E-state index is 0.127. The van der Waals surface area contributed by atoms with Crippen LogP contribution >= 0.6 is 0 Å². The van der Waals surface area contributed by atoms with Crippen molar-refractivity contribution in [3.8, 4) is 0 Å². The largest absolute Gasteiger partial charge is 0.388 e. The van der Waals surface area contributed by atoms with Gasteiger partial charge in [-0.15, -0.1) is 0 Å². The summed E-state index contributed by atoms with van der Waals surface area (Å²) >= 11 is 0. The lowest BCUT2D eigenvalue weighted by Crippen LogP contribution is -2.52. The van der Waals surface area contributed by atoms with Crippen LogP contribution < -0.4 is 10.6 Å². The van der Waals surface area contributed by atoms with Crippen LogP contribution in [0.15, 0.2) is 0 Å². The van der Waals surface area contributed by atoms with Gasteiger partial charge in [0.1, 0.15) is 0 Å². The molecule has 0 unspecified atom stereocenters. The van der Waals surface area contributed by atoms with Crippen LogP contribution in [0.2, 0.25) is 0 Å². The van der Waals surface area contributed by atoms with E-state index in [1.54, 1.807) is 0 Å². The highest BCUT2D eigenvalue weighted by Gasteiger charge is 2.37. The van der Waals surface area contributed by atoms with E-state index >= 15 is 0 Å². The molecule has 0 aliphatic heterocycles. The summed E-state index contributed by atoms with van der Waals surface area (Å²) in [6, 6.07) is -0.127. The van der Waals surface area contributed by atoms with E-state index < -0.39 is 5.60 Å². The minimum atomic E-state index is -0.630. The van der Waals surface area contributed by atoms with E-state index in [1.807, 2.05) is 0 Å². The second kappa shape index (κ2) is 5.47. The molecule has 0 spiro atoms. The monoisotopic (exact) mass is 254 g/mol. The first-order valence-electron chi connectivity index (χ1n) is 7.32. The molecule has 0 aromatic rings. The van der Waals surface area contributed by atoms with Crippen molar-refractivity contribution in [3.63, 3.8) is 0 Å². The van der Waals surface area contributed by atoms with Gasteiger partial charge in [-0.2, -0.15) is 0 Å². The highest BCUT2D eigenvalue weighted by Crippen LogP contribution is 2.44. The fourth-order valence-corrected chi connectivity index (χ4v) is 3.06. The summed E-state index contributed by atoms with van der Waals surface area (Å²) in [6.45, 7) is 3.37. The maximum atomic E-state index is 11.7. The number of aliphatic hydroxyl groups is 1. The van der Waals surface area contributed by atoms with Gasteiger partial charge in [0.15, 0.2) is 0 Å². The number of carbonyl (C=O) groups excluding carboxylic acids is 1. The smallest absolute Gasteiger partial charge is 0.314 e. The zero-order valence-corrected chi connectivity index (χ0v) is 11.4. The zero-order chi connectivity index (χ0) is 13.1. The fraction of sp³-hybridized carbons (Fsp3) is 0.929. The molecule has 0 saturated heterocycles. The highest BCUT2D eigenvalue weighted by molar-refractivity contribution is 5.74. The molecule has 18 heavy (non-hydrogen) atoms. The Bertz CT molecular complexity index is 296. The van der Waals surface area contributed by atoms with Crippen molar-refractivity contribution in [2.75, 3.05) is 13.1 Å². The van der Waals surface area contributed by atoms with Gasteiger partial charge < -0.3 is 15.7 Å². The molecule has 0 heterocycles. The molecule has 2 aliphatic rings. The van der Waals surface area contributed by atoms with Crippen molar-refractivity contribution in [3.05, 3.63) is 0 Å². The molecule has 2 amide bonds. The van der Waals surface area contributed by atoms with Crippen LogP contribution in [0.4, 0.5) is 4.79 Å². The fourth-order valence-electron chi connectivity index (χ4n) is 3.06. The van der Waals surface area contributed by atoms with Gasteiger partial charge in [-0.25, -0.2) is 4.79 Å². The molecule has 0 atom stereocenters. The van der Waals surface area contributed by atoms with Crippen molar-refractivity contribution in [2.24, 2.45) is 5.41 Å². The van der Waals surface area contributed by atoms with Gasteiger partial charge in [0.25, 0.3) is 0 Å². The Morgan fingerprint density at radius 2 is 1.72 bits per heavy atom. The molecule has 2 fully saturated rings. The molecule has 0 radical (unpaired) electrons. The third-order valence-electron chi connectivity index (χ3n) is 4.68. The Kier molecular flexibility index (Phi) is 4.15. The van der Waals surface area contributed by atoms with E-state index in [0.717, 1.165) is 25.8 Å². The van der Waals surface area contributed by atoms with Crippen LogP contribution in [-0.2, 0) is 0 Å². The highest BCUT2D eigenvalue weighted by atomic mass is 16.3. The topological polar surface area (TPSA) is 61.4 Å². The molecule has 104 valence electrons. The molecule has 4 nitrogen and oxygen atoms in total. The molecule has 2 rings (SSSR count). The summed E-state index contributed by atoms with van der Waals surface area (Å²) in [6.07, 6.45) is 8.86. The van der Waals surface area contributed by atoms with E-state index in [4.69, 9.17) is 0 Å². The lowest BCUT2D eigenvalue weighted by atomic mass is 9.66. The number of amides is 2. The molecular formula is C14H26N2O2. The van der Waals surface area contributed by atoms with Gasteiger partial charge >= 0.3 is 6.03 Å². The predicted octanol–water partition coefficient (Wildman–Crippen LogP) is 2.17. The molecule has 2 aliphatic carbocycles. The summed E-state index contributed by atoms with van der Waals surface area (Å²) in [5.41, 5.74) is -0.269. The van der Waals surface area contributed by atoms with Crippen LogP contribution in [0.25, 0.3) is 0 Å². The SMILES string of the molecule is CCCC1(CNC(=O)NCC2(O)CCC2)CCC1. The van der Waals surface area contributed by atoms with Gasteiger partial charge in [-0.1, -0.05) is 19.8 Å². The lowest BCUT2D eigenvalue weighted by Gasteiger charge is -2.42. The standard InChI is InChI=1S/C14H26N2O2/c1-2-5-13(6-3-7-13)10-15-12(17)16-11-14(18)8-4-9-14/h18H,2-11H2,1H3,(H2,15,16,17). The molecular weight excluding hydrogens is 228 g/mol. The summed E-state index contributed by atoms with van der Waals surface area (Å²) in [5, 5.41) is 15.6. The first-order valence-corrected chi connectivity index (χ1v) is 7.32. The maximum absolute atomic E-state index is 11.7. The van der Waals surface area contributed by atoms with Gasteiger partial charge in [0.2, 0.25) is 0 Å². The number of rotatable bonds is 6. The molecule has 0 bridgehead atoms. The minimum Gasteiger partial charge on any atom is -0.388 e. The third kappa shape index (κ3) is 3.16. The number of carbonyl (C=O) groups is 1. The Labute approximate surface area is 110 Å². The zero-order valence-electron chi connectivity index (χ0n) is 11.4. The van der Waals surface area contributed by atoms with Crippen LogP contribution in [0.3, 0.4) is 0 Å². The van der Waals surface area contributed by atoms with Crippen molar-refractivity contribution >= 4 is 6.03 Å². The Morgan fingerprint density at radius 3 is 2.17 bits per heavy atom. The number of hydrogen-bond donors (Lipinski definition) is 3. The van der Waals surface area contributed by atoms with Gasteiger partial charge in [-0.05, 0) is 43.9 Å². The number of nitrogens with one attached hydrogen (secondary N) is 2. The Balaban J connectivity index is 1.64. The van der Waals surface area contributed by atoms with E-state index in [-0.39, 0.29) is 6.03 Å². The molecule has 3 N–H and O–H groups in total. The van der Waals surface area contributed by atoms with Crippen molar-refractivity contribution < 1.29 is 9.90 Å². The summed E-state index contributed by atoms with van der Waals surface area (Å²) in [4.78, 5) is 11.7. The van der Waals surface area contributed by atoms with E-state index in [2.05, 4.69) is 17.6 Å². The predicted molar refractivity (Wildman–Crippen MR) is 71.4 cm³/mol. The van der Waals surface area contributed by atoms with Gasteiger partial charge in [0, 0.05) is 13.1 Å². The molecule has 0 aromatic heterocycles. The quantitative estimate of drug-likeness (QED) is 0.680. The summed E-state index contributed by atoms with van der Waals surface area (Å²) in [7, 11) is 0. The van der Waals surface area contributed by atoms with Crippen molar-refractivity contribution in [1.29, 1.82) is 0 Å². The van der Waals surface area contributed by atoms with Gasteiger partial charge in [-0.3, -0.25) is 0 Å². The summed E-state index contributed by atoms with van der Waals surface area (Å²) < 4.78 is 0. The van der Waals surface area contributed by atoms with E-state index in [9.17, 15) is 9.90 Å². The maximum Gasteiger partial charge on any atom is 0.314 e. The average molecular weight is 254 g/mol. The van der Waals surface area contributed by atoms with E-state index in [0.29, 0.717) is 12.0 Å². The van der Waals surface area contributed by atoms with Gasteiger partial charge in [0.05, 0.1) is 5.60 Å². The number of hydrogen-bond acceptors (Lipinski definition) is 2. The first-order chi connectivity index (χ1) is 8.58. The van der Waals surface area contributed by atoms with Crippen LogP contribution in [0, 0.1) is 5.41 Å². The molecule has 0 aromatic carbocycles. The van der Waals surface area contributed by atoms with Crippen LogP contribution in [-0.4, -0.2) is 29.8 Å². The van der Waals surface area contributed by atoms with Crippen LogP contribution in [0.1, 0.15) is 58.3 Å². The first kappa shape index (κ1) is 13.7.